The van der Waals surface area contributed by atoms with Crippen molar-refractivity contribution < 1.29 is 18.9 Å². The van der Waals surface area contributed by atoms with Crippen molar-refractivity contribution in [2.24, 2.45) is 0 Å². The summed E-state index contributed by atoms with van der Waals surface area (Å²) < 4.78 is 0.786. The summed E-state index contributed by atoms with van der Waals surface area (Å²) in [5.74, 6) is -0.945. The summed E-state index contributed by atoms with van der Waals surface area (Å²) in [5, 5.41) is 5.88. The van der Waals surface area contributed by atoms with Crippen LogP contribution in [0, 0.1) is 0 Å². The van der Waals surface area contributed by atoms with E-state index in [0.29, 0.717) is 17.9 Å². The van der Waals surface area contributed by atoms with Crippen LogP contribution in [0.1, 0.15) is 38.8 Å². The van der Waals surface area contributed by atoms with Crippen molar-refractivity contribution in [3.05, 3.63) is 52.6 Å². The Morgan fingerprint density at radius 2 is 1.61 bits per heavy atom. The van der Waals surface area contributed by atoms with Gasteiger partial charge in [0.1, 0.15) is 0 Å². The molecule has 0 spiro atoms. The average molecular weight is 381 g/mol. The molecule has 0 aliphatic heterocycles. The fourth-order valence-corrected chi connectivity index (χ4v) is 3.28. The minimum atomic E-state index is -0.321. The van der Waals surface area contributed by atoms with Crippen LogP contribution in [0.3, 0.4) is 0 Å². The third-order valence-electron chi connectivity index (χ3n) is 4.66. The normalized spacial score (nSPS) is 13.0. The first-order valence-electron chi connectivity index (χ1n) is 9.07. The van der Waals surface area contributed by atoms with Crippen molar-refractivity contribution in [1.82, 2.24) is 0 Å². The number of amides is 1. The third kappa shape index (κ3) is 3.61. The van der Waals surface area contributed by atoms with Crippen molar-refractivity contribution in [1.29, 1.82) is 0 Å². The SMILES string of the molecule is CC(=O)Nc1cccc2c1C(=O)c1ccc(NCC[N+](C)(C)C)c(N)c1C2=O. The minimum Gasteiger partial charge on any atom is -0.396 e. The summed E-state index contributed by atoms with van der Waals surface area (Å²) in [6.45, 7) is 2.90. The molecule has 2 aromatic rings. The number of fused-ring (bicyclic) bond motifs is 2. The van der Waals surface area contributed by atoms with Gasteiger partial charge in [-0.3, -0.25) is 14.4 Å². The lowest BCUT2D eigenvalue weighted by molar-refractivity contribution is -0.868. The number of hydrogen-bond acceptors (Lipinski definition) is 5. The molecule has 0 heterocycles. The number of carbonyl (C=O) groups excluding carboxylic acids is 3. The molecule has 146 valence electrons. The maximum atomic E-state index is 13.1. The van der Waals surface area contributed by atoms with Crippen LogP contribution < -0.4 is 16.4 Å². The van der Waals surface area contributed by atoms with Gasteiger partial charge in [0.25, 0.3) is 0 Å². The number of likely N-dealkylation sites (N-methyl/N-ethyl adjacent to an activating group) is 1. The van der Waals surface area contributed by atoms with Gasteiger partial charge in [0.05, 0.1) is 62.4 Å². The molecule has 1 aliphatic rings. The number of nitrogens with one attached hydrogen (secondary N) is 2. The second-order valence-corrected chi connectivity index (χ2v) is 7.96. The molecule has 1 amide bonds. The summed E-state index contributed by atoms with van der Waals surface area (Å²) in [4.78, 5) is 37.7. The maximum Gasteiger partial charge on any atom is 0.221 e. The standard InChI is InChI=1S/C21H24N4O3/c1-12(26)24-15-7-5-6-13-17(15)20(27)14-8-9-16(19(22)18(14)21(13)28)23-10-11-25(2,3)4/h5-9H,10-11H2,1-4H3,(H3-,22,23,24,26,27,28)/p+1. The van der Waals surface area contributed by atoms with Gasteiger partial charge in [0.2, 0.25) is 5.91 Å². The van der Waals surface area contributed by atoms with E-state index in [1.54, 1.807) is 30.3 Å². The molecule has 4 N–H and O–H groups in total. The van der Waals surface area contributed by atoms with Crippen molar-refractivity contribution in [3.8, 4) is 0 Å². The van der Waals surface area contributed by atoms with Gasteiger partial charge in [-0.15, -0.1) is 0 Å². The first kappa shape index (κ1) is 19.6. The first-order chi connectivity index (χ1) is 13.1. The van der Waals surface area contributed by atoms with Crippen LogP contribution in [-0.2, 0) is 4.79 Å². The van der Waals surface area contributed by atoms with Crippen LogP contribution in [-0.4, -0.2) is 56.2 Å². The quantitative estimate of drug-likeness (QED) is 0.464. The predicted molar refractivity (Wildman–Crippen MR) is 110 cm³/mol. The van der Waals surface area contributed by atoms with Crippen LogP contribution >= 0.6 is 0 Å². The van der Waals surface area contributed by atoms with E-state index in [4.69, 9.17) is 5.73 Å². The zero-order valence-corrected chi connectivity index (χ0v) is 16.6. The van der Waals surface area contributed by atoms with E-state index in [1.807, 2.05) is 0 Å². The molecule has 0 radical (unpaired) electrons. The predicted octanol–water partition coefficient (Wildman–Crippen LogP) is 2.12. The smallest absolute Gasteiger partial charge is 0.221 e. The molecule has 2 aromatic carbocycles. The molecule has 0 fully saturated rings. The highest BCUT2D eigenvalue weighted by molar-refractivity contribution is 6.32. The summed E-state index contributed by atoms with van der Waals surface area (Å²) in [6, 6.07) is 8.18. The number of benzene rings is 2. The molecule has 7 heteroatoms. The second kappa shape index (κ2) is 7.09. The molecule has 0 aromatic heterocycles. The Kier molecular flexibility index (Phi) is 4.95. The Labute approximate surface area is 164 Å². The van der Waals surface area contributed by atoms with Crippen molar-refractivity contribution in [2.45, 2.75) is 6.92 Å². The molecule has 7 nitrogen and oxygen atoms in total. The molecule has 0 unspecified atom stereocenters. The zero-order valence-electron chi connectivity index (χ0n) is 16.6. The second-order valence-electron chi connectivity index (χ2n) is 7.96. The van der Waals surface area contributed by atoms with Gasteiger partial charge in [0, 0.05) is 18.1 Å². The molecule has 3 rings (SSSR count). The Morgan fingerprint density at radius 3 is 2.25 bits per heavy atom. The molecular weight excluding hydrogens is 356 g/mol. The van der Waals surface area contributed by atoms with Crippen molar-refractivity contribution >= 4 is 34.5 Å². The fraction of sp³-hybridized carbons (Fsp3) is 0.286. The van der Waals surface area contributed by atoms with E-state index in [-0.39, 0.29) is 45.4 Å². The number of ketones is 2. The summed E-state index contributed by atoms with van der Waals surface area (Å²) in [5.41, 5.74) is 8.44. The third-order valence-corrected chi connectivity index (χ3v) is 4.66. The number of anilines is 3. The van der Waals surface area contributed by atoms with Crippen LogP contribution in [0.2, 0.25) is 0 Å². The largest absolute Gasteiger partial charge is 0.396 e. The number of quaternary nitrogens is 1. The number of nitrogens with two attached hydrogens (primary N) is 1. The van der Waals surface area contributed by atoms with E-state index >= 15 is 0 Å². The highest BCUT2D eigenvalue weighted by Crippen LogP contribution is 2.37. The van der Waals surface area contributed by atoms with Gasteiger partial charge in [-0.05, 0) is 18.2 Å². The molecule has 0 bridgehead atoms. The lowest BCUT2D eigenvalue weighted by atomic mass is 9.82. The Morgan fingerprint density at radius 1 is 0.964 bits per heavy atom. The van der Waals surface area contributed by atoms with Crippen molar-refractivity contribution in [2.75, 3.05) is 50.6 Å². The zero-order chi connectivity index (χ0) is 20.6. The van der Waals surface area contributed by atoms with Crippen LogP contribution in [0.4, 0.5) is 17.1 Å². The van der Waals surface area contributed by atoms with E-state index in [0.717, 1.165) is 11.0 Å². The van der Waals surface area contributed by atoms with E-state index in [1.165, 1.54) is 6.92 Å². The molecule has 28 heavy (non-hydrogen) atoms. The molecule has 0 saturated carbocycles. The molecule has 0 atom stereocenters. The molecule has 0 saturated heterocycles. The van der Waals surface area contributed by atoms with Gasteiger partial charge in [-0.2, -0.15) is 0 Å². The van der Waals surface area contributed by atoms with Crippen LogP contribution in [0.15, 0.2) is 30.3 Å². The van der Waals surface area contributed by atoms with Crippen LogP contribution in [0.5, 0.6) is 0 Å². The lowest BCUT2D eigenvalue weighted by Gasteiger charge is -2.25. The summed E-state index contributed by atoms with van der Waals surface area (Å²) >= 11 is 0. The van der Waals surface area contributed by atoms with E-state index < -0.39 is 0 Å². The Balaban J connectivity index is 2.01. The van der Waals surface area contributed by atoms with Gasteiger partial charge < -0.3 is 20.9 Å². The number of hydrogen-bond donors (Lipinski definition) is 3. The topological polar surface area (TPSA) is 101 Å². The minimum absolute atomic E-state index is 0.209. The number of nitrogen functional groups attached to an aromatic ring is 1. The number of rotatable bonds is 5. The van der Waals surface area contributed by atoms with Gasteiger partial charge in [-0.25, -0.2) is 0 Å². The summed E-state index contributed by atoms with van der Waals surface area (Å²) in [6.07, 6.45) is 0. The highest BCUT2D eigenvalue weighted by atomic mass is 16.2. The monoisotopic (exact) mass is 381 g/mol. The van der Waals surface area contributed by atoms with E-state index in [2.05, 4.69) is 31.8 Å². The number of carbonyl (C=O) groups is 3. The van der Waals surface area contributed by atoms with Crippen molar-refractivity contribution in [3.63, 3.8) is 0 Å². The average Bonchev–Trinajstić information content (AvgIpc) is 2.59. The maximum absolute atomic E-state index is 13.1. The van der Waals surface area contributed by atoms with Crippen LogP contribution in [0.25, 0.3) is 0 Å². The van der Waals surface area contributed by atoms with E-state index in [9.17, 15) is 14.4 Å². The van der Waals surface area contributed by atoms with Gasteiger partial charge in [-0.1, -0.05) is 12.1 Å². The first-order valence-corrected chi connectivity index (χ1v) is 9.07. The van der Waals surface area contributed by atoms with Gasteiger partial charge in [0.15, 0.2) is 11.6 Å². The Hall–Kier alpha value is -3.19. The molecular formula is C21H25N4O3+. The van der Waals surface area contributed by atoms with Gasteiger partial charge >= 0.3 is 0 Å². The molecule has 1 aliphatic carbocycles. The fourth-order valence-electron chi connectivity index (χ4n) is 3.28. The number of nitrogens with zero attached hydrogens (tertiary/aromatic N) is 1. The Bertz CT molecular complexity index is 990. The summed E-state index contributed by atoms with van der Waals surface area (Å²) in [7, 11) is 6.26. The highest BCUT2D eigenvalue weighted by Gasteiger charge is 2.34. The lowest BCUT2D eigenvalue weighted by Crippen LogP contribution is -2.38.